The zero-order chi connectivity index (χ0) is 20.8. The number of rotatable bonds is 4. The maximum Gasteiger partial charge on any atom is 0 e. The van der Waals surface area contributed by atoms with Crippen molar-refractivity contribution < 1.29 is 34.0 Å². The van der Waals surface area contributed by atoms with Crippen molar-refractivity contribution in [2.45, 2.75) is 13.8 Å². The van der Waals surface area contributed by atoms with Gasteiger partial charge in [-0.25, -0.2) is 0 Å². The van der Waals surface area contributed by atoms with E-state index in [1.54, 1.807) is 0 Å². The third-order valence-corrected chi connectivity index (χ3v) is 5.89. The van der Waals surface area contributed by atoms with Crippen LogP contribution in [0.1, 0.15) is 13.8 Å². The zero-order valence-electron chi connectivity index (χ0n) is 16.2. The molecule has 0 saturated heterocycles. The summed E-state index contributed by atoms with van der Waals surface area (Å²) in [5, 5.41) is 14.2. The predicted octanol–water partition coefficient (Wildman–Crippen LogP) is 3.24. The largest absolute Gasteiger partial charge is 0.0622 e. The summed E-state index contributed by atoms with van der Waals surface area (Å²) in [6, 6.07) is 32.3. The minimum absolute atomic E-state index is 0. The first-order valence-corrected chi connectivity index (χ1v) is 9.93. The molecule has 0 N–H and O–H groups in total. The minimum Gasteiger partial charge on any atom is -0.0622 e. The van der Waals surface area contributed by atoms with E-state index < -0.39 is 7.92 Å². The van der Waals surface area contributed by atoms with Crippen molar-refractivity contribution in [1.29, 1.82) is 0 Å². The van der Waals surface area contributed by atoms with Crippen LogP contribution in [-0.4, -0.2) is 5.78 Å². The molecule has 29 heavy (non-hydrogen) atoms. The first-order valence-electron chi connectivity index (χ1n) is 8.59. The molecule has 3 nitrogen and oxygen atoms in total. The van der Waals surface area contributed by atoms with Crippen LogP contribution in [0.3, 0.4) is 0 Å². The molecule has 0 saturated carbocycles. The van der Waals surface area contributed by atoms with Crippen molar-refractivity contribution in [3.05, 3.63) is 109 Å². The molecule has 0 aliphatic rings. The molecule has 0 heterocycles. The van der Waals surface area contributed by atoms with E-state index in [0.29, 0.717) is 0 Å². The molecule has 3 aromatic carbocycles. The van der Waals surface area contributed by atoms with Gasteiger partial charge in [0.2, 0.25) is 0 Å². The fraction of sp³-hybridized carbons (Fsp3) is 0.0833. The molecule has 0 unspecified atom stereocenters. The quantitative estimate of drug-likeness (QED) is 0.140. The molecule has 0 aromatic heterocycles. The Bertz CT molecular complexity index is 781. The fourth-order valence-electron chi connectivity index (χ4n) is 2.46. The average Bonchev–Trinajstić information content (AvgIpc) is 2.72. The summed E-state index contributed by atoms with van der Waals surface area (Å²) in [6.45, 7) is 7.20. The van der Waals surface area contributed by atoms with Gasteiger partial charge in [-0.05, 0) is 36.8 Å². The normalized spacial score (nSPS) is 9.76. The van der Waals surface area contributed by atoms with E-state index in [1.807, 2.05) is 0 Å². The van der Waals surface area contributed by atoms with Gasteiger partial charge in [-0.3, -0.25) is 4.79 Å². The Morgan fingerprint density at radius 2 is 1.03 bits per heavy atom. The maximum atomic E-state index is 9.98. The second-order valence-electron chi connectivity index (χ2n) is 5.71. The van der Waals surface area contributed by atoms with Crippen LogP contribution in [0.25, 0.3) is 0 Å². The number of ketones is 1. The Hall–Kier alpha value is -2.34. The van der Waals surface area contributed by atoms with Crippen LogP contribution < -0.4 is 21.0 Å². The zero-order valence-corrected chi connectivity index (χ0v) is 18.8. The van der Waals surface area contributed by atoms with Gasteiger partial charge in [0.05, 0.1) is 0 Å². The summed E-state index contributed by atoms with van der Waals surface area (Å²) < 4.78 is 7.50. The van der Waals surface area contributed by atoms with Gasteiger partial charge < -0.3 is 5.11 Å². The second-order valence-corrected chi connectivity index (χ2v) is 7.93. The van der Waals surface area contributed by atoms with Crippen molar-refractivity contribution >= 4 is 29.6 Å². The van der Waals surface area contributed by atoms with Crippen molar-refractivity contribution in [3.63, 3.8) is 0 Å². The number of carbonyl (C=O) groups is 1. The topological polar surface area (TPSA) is 60.0 Å². The molecular formula is C24H22O3PRh-. The number of allylic oxidation sites excluding steroid dienone is 2. The van der Waals surface area contributed by atoms with E-state index in [0.717, 1.165) is 6.08 Å². The molecule has 0 amide bonds. The van der Waals surface area contributed by atoms with Crippen molar-refractivity contribution in [3.8, 4) is 0 Å². The van der Waals surface area contributed by atoms with Crippen molar-refractivity contribution in [2.75, 3.05) is 0 Å². The van der Waals surface area contributed by atoms with Gasteiger partial charge in [-0.1, -0.05) is 97.9 Å². The molecule has 0 fully saturated rings. The number of benzene rings is 3. The van der Waals surface area contributed by atoms with E-state index in [1.165, 1.54) is 29.8 Å². The Balaban J connectivity index is 0.000000675. The van der Waals surface area contributed by atoms with Crippen molar-refractivity contribution in [2.24, 2.45) is 0 Å². The Morgan fingerprint density at radius 1 is 0.759 bits per heavy atom. The summed E-state index contributed by atoms with van der Waals surface area (Å²) in [6.07, 6.45) is 1.06. The van der Waals surface area contributed by atoms with Gasteiger partial charge in [0.25, 0.3) is 0 Å². The standard InChI is InChI=1S/C18H15P.C5H8O2.CO.Rh/c1-4-10-16(11-5-1)19(17-12-6-2-7-13-17)18-14-8-3-9-15-18;1-4(6)3-5(2)7;1-2;/h1-15H;3,6H,1-2H3;;/p-1/b;4-3-;;. The molecule has 0 bridgehead atoms. The second kappa shape index (κ2) is 15.6. The molecule has 0 spiro atoms. The summed E-state index contributed by atoms with van der Waals surface area (Å²) in [4.78, 5) is 9.98. The van der Waals surface area contributed by atoms with Crippen molar-refractivity contribution in [1.82, 2.24) is 0 Å². The third-order valence-electron chi connectivity index (χ3n) is 3.45. The summed E-state index contributed by atoms with van der Waals surface area (Å²) >= 11 is 0. The minimum atomic E-state index is -0.446. The van der Waals surface area contributed by atoms with Gasteiger partial charge >= 0.3 is 11.3 Å². The Morgan fingerprint density at radius 3 is 1.21 bits per heavy atom. The number of hydrogen-bond acceptors (Lipinski definition) is 2. The first kappa shape index (κ1) is 26.7. The van der Waals surface area contributed by atoms with Crippen LogP contribution in [0.15, 0.2) is 103 Å². The Labute approximate surface area is 186 Å². The molecule has 1 radical (unpaired) electrons. The molecule has 3 aromatic rings. The van der Waals surface area contributed by atoms with Crippen LogP contribution in [0.4, 0.5) is 0 Å². The molecule has 151 valence electrons. The van der Waals surface area contributed by atoms with Crippen LogP contribution in [-0.2, 0) is 28.9 Å². The monoisotopic (exact) mass is 492 g/mol. The van der Waals surface area contributed by atoms with Gasteiger partial charge in [0.1, 0.15) is 0 Å². The molecule has 3 rings (SSSR count). The van der Waals surface area contributed by atoms with E-state index in [-0.39, 0.29) is 31.0 Å². The van der Waals surface area contributed by atoms with Gasteiger partial charge in [-0.2, -0.15) is 0 Å². The maximum absolute atomic E-state index is 9.98. The van der Waals surface area contributed by atoms with E-state index in [9.17, 15) is 9.90 Å². The first-order chi connectivity index (χ1) is 13.6. The molecule has 5 heteroatoms. The van der Waals surface area contributed by atoms with E-state index in [2.05, 4.69) is 97.6 Å². The van der Waals surface area contributed by atoms with Crippen LogP contribution >= 0.6 is 7.92 Å². The smallest absolute Gasteiger partial charge is 0 e. The fourth-order valence-corrected chi connectivity index (χ4v) is 4.77. The number of hydrogen-bond donors (Lipinski definition) is 0. The average molecular weight is 492 g/mol. The van der Waals surface area contributed by atoms with Gasteiger partial charge in [-0.15, -0.1) is 5.76 Å². The number of carbonyl (C=O) groups excluding carboxylic acids is 1. The summed E-state index contributed by atoms with van der Waals surface area (Å²) in [7, 11) is -0.446. The van der Waals surface area contributed by atoms with E-state index in [4.69, 9.17) is 4.65 Å². The SMILES string of the molecule is CC(=O)/C=C(/C)[O-].[C-]#[O+].[Rh].c1ccc(P(c2ccccc2)c2ccccc2)cc1. The van der Waals surface area contributed by atoms with Crippen LogP contribution in [0.5, 0.6) is 0 Å². The van der Waals surface area contributed by atoms with Gasteiger partial charge in [0.15, 0.2) is 5.78 Å². The third kappa shape index (κ3) is 10.1. The summed E-state index contributed by atoms with van der Waals surface area (Å²) in [5.41, 5.74) is 0. The van der Waals surface area contributed by atoms with Crippen LogP contribution in [0.2, 0.25) is 0 Å². The predicted molar refractivity (Wildman–Crippen MR) is 114 cm³/mol. The van der Waals surface area contributed by atoms with Gasteiger partial charge in [0, 0.05) is 19.5 Å². The molecule has 0 atom stereocenters. The molecule has 0 aliphatic heterocycles. The molecule has 0 aliphatic carbocycles. The Kier molecular flexibility index (Phi) is 14.3. The van der Waals surface area contributed by atoms with Crippen LogP contribution in [0, 0.1) is 6.65 Å². The van der Waals surface area contributed by atoms with E-state index >= 15 is 0 Å². The summed E-state index contributed by atoms with van der Waals surface area (Å²) in [5.74, 6) is -0.375. The molecular weight excluding hydrogens is 470 g/mol.